The summed E-state index contributed by atoms with van der Waals surface area (Å²) in [5.41, 5.74) is 0.299. The molecule has 0 N–H and O–H groups in total. The highest BCUT2D eigenvalue weighted by Gasteiger charge is 2.51. The van der Waals surface area contributed by atoms with Gasteiger partial charge in [0.25, 0.3) is 0 Å². The Labute approximate surface area is 152 Å². The molecule has 0 unspecified atom stereocenters. The lowest BCUT2D eigenvalue weighted by Crippen LogP contribution is -2.48. The molecule has 4 aliphatic carbocycles. The zero-order valence-electron chi connectivity index (χ0n) is 15.8. The fourth-order valence-corrected chi connectivity index (χ4v) is 5.71. The molecular weight excluding hydrogens is 316 g/mol. The van der Waals surface area contributed by atoms with Gasteiger partial charge in [0, 0.05) is 18.3 Å². The predicted octanol–water partition coefficient (Wildman–Crippen LogP) is 4.65. The van der Waals surface area contributed by atoms with E-state index in [0.717, 1.165) is 30.6 Å². The van der Waals surface area contributed by atoms with Crippen LogP contribution < -0.4 is 0 Å². The van der Waals surface area contributed by atoms with E-state index in [1.807, 2.05) is 0 Å². The summed E-state index contributed by atoms with van der Waals surface area (Å²) in [6.45, 7) is 3.22. The summed E-state index contributed by atoms with van der Waals surface area (Å²) in [7, 11) is 0. The summed E-state index contributed by atoms with van der Waals surface area (Å²) in [5, 5.41) is 0. The van der Waals surface area contributed by atoms with Crippen molar-refractivity contribution in [1.29, 1.82) is 0 Å². The third-order valence-corrected chi connectivity index (χ3v) is 6.48. The molecule has 0 spiro atoms. The van der Waals surface area contributed by atoms with Crippen molar-refractivity contribution >= 4 is 11.9 Å². The van der Waals surface area contributed by atoms with Gasteiger partial charge in [-0.2, -0.15) is 0 Å². The average molecular weight is 350 g/mol. The SMILES string of the molecule is CCCCOC(=O)CCCCC(=O)OCC12CC3CC(CC(C3)C1)C2. The topological polar surface area (TPSA) is 52.6 Å². The second-order valence-electron chi connectivity index (χ2n) is 8.86. The van der Waals surface area contributed by atoms with E-state index in [9.17, 15) is 9.59 Å². The lowest BCUT2D eigenvalue weighted by atomic mass is 9.50. The Kier molecular flexibility index (Phi) is 6.40. The Morgan fingerprint density at radius 2 is 1.36 bits per heavy atom. The summed E-state index contributed by atoms with van der Waals surface area (Å²) < 4.78 is 10.8. The summed E-state index contributed by atoms with van der Waals surface area (Å²) in [6.07, 6.45) is 12.3. The Morgan fingerprint density at radius 3 is 1.88 bits per heavy atom. The summed E-state index contributed by atoms with van der Waals surface area (Å²) >= 11 is 0. The van der Waals surface area contributed by atoms with E-state index >= 15 is 0 Å². The van der Waals surface area contributed by atoms with Crippen LogP contribution >= 0.6 is 0 Å². The number of carbonyl (C=O) groups is 2. The molecule has 142 valence electrons. The highest BCUT2D eigenvalue weighted by molar-refractivity contribution is 5.70. The zero-order chi connectivity index (χ0) is 17.7. The number of esters is 2. The minimum absolute atomic E-state index is 0.0879. The molecule has 0 atom stereocenters. The third-order valence-electron chi connectivity index (χ3n) is 6.48. The maximum Gasteiger partial charge on any atom is 0.305 e. The largest absolute Gasteiger partial charge is 0.466 e. The lowest BCUT2D eigenvalue weighted by Gasteiger charge is -2.56. The Morgan fingerprint density at radius 1 is 0.840 bits per heavy atom. The number of hydrogen-bond acceptors (Lipinski definition) is 4. The van der Waals surface area contributed by atoms with Crippen molar-refractivity contribution in [3.05, 3.63) is 0 Å². The molecule has 4 saturated carbocycles. The van der Waals surface area contributed by atoms with E-state index in [0.29, 0.717) is 44.3 Å². The molecule has 0 heterocycles. The van der Waals surface area contributed by atoms with Gasteiger partial charge in [-0.1, -0.05) is 13.3 Å². The molecule has 4 fully saturated rings. The van der Waals surface area contributed by atoms with Gasteiger partial charge in [0.2, 0.25) is 0 Å². The quantitative estimate of drug-likeness (QED) is 0.425. The van der Waals surface area contributed by atoms with Gasteiger partial charge < -0.3 is 9.47 Å². The van der Waals surface area contributed by atoms with Gasteiger partial charge in [0.15, 0.2) is 0 Å². The van der Waals surface area contributed by atoms with E-state index in [1.165, 1.54) is 38.5 Å². The van der Waals surface area contributed by atoms with E-state index in [4.69, 9.17) is 9.47 Å². The second-order valence-corrected chi connectivity index (χ2v) is 8.86. The molecule has 25 heavy (non-hydrogen) atoms. The number of ether oxygens (including phenoxy) is 2. The van der Waals surface area contributed by atoms with Crippen molar-refractivity contribution in [1.82, 2.24) is 0 Å². The van der Waals surface area contributed by atoms with Gasteiger partial charge in [0.05, 0.1) is 13.2 Å². The smallest absolute Gasteiger partial charge is 0.305 e. The molecule has 4 bridgehead atoms. The van der Waals surface area contributed by atoms with E-state index in [-0.39, 0.29) is 11.9 Å². The minimum atomic E-state index is -0.143. The molecule has 0 saturated heterocycles. The number of rotatable bonds is 10. The highest BCUT2D eigenvalue weighted by Crippen LogP contribution is 2.60. The Bertz CT molecular complexity index is 435. The number of carbonyl (C=O) groups excluding carboxylic acids is 2. The maximum absolute atomic E-state index is 12.1. The van der Waals surface area contributed by atoms with Crippen LogP contribution in [0.15, 0.2) is 0 Å². The fourth-order valence-electron chi connectivity index (χ4n) is 5.71. The van der Waals surface area contributed by atoms with Crippen LogP contribution in [-0.2, 0) is 19.1 Å². The van der Waals surface area contributed by atoms with Gasteiger partial charge in [-0.25, -0.2) is 0 Å². The third kappa shape index (κ3) is 5.21. The summed E-state index contributed by atoms with van der Waals surface area (Å²) in [4.78, 5) is 23.6. The summed E-state index contributed by atoms with van der Waals surface area (Å²) in [5.74, 6) is 2.45. The molecular formula is C21H34O4. The van der Waals surface area contributed by atoms with Crippen LogP contribution in [0.25, 0.3) is 0 Å². The number of hydrogen-bond donors (Lipinski definition) is 0. The van der Waals surface area contributed by atoms with E-state index in [1.54, 1.807) is 0 Å². The van der Waals surface area contributed by atoms with Crippen molar-refractivity contribution in [3.63, 3.8) is 0 Å². The molecule has 4 aliphatic rings. The van der Waals surface area contributed by atoms with E-state index in [2.05, 4.69) is 6.92 Å². The van der Waals surface area contributed by atoms with Crippen LogP contribution in [0.4, 0.5) is 0 Å². The van der Waals surface area contributed by atoms with Crippen LogP contribution in [0.1, 0.15) is 84.0 Å². The zero-order valence-corrected chi connectivity index (χ0v) is 15.8. The van der Waals surface area contributed by atoms with Gasteiger partial charge in [-0.3, -0.25) is 9.59 Å². The molecule has 0 aromatic rings. The van der Waals surface area contributed by atoms with Crippen LogP contribution in [0, 0.1) is 23.2 Å². The van der Waals surface area contributed by atoms with Crippen molar-refractivity contribution in [2.75, 3.05) is 13.2 Å². The van der Waals surface area contributed by atoms with Crippen LogP contribution in [0.3, 0.4) is 0 Å². The molecule has 0 amide bonds. The fraction of sp³-hybridized carbons (Fsp3) is 0.905. The number of unbranched alkanes of at least 4 members (excludes halogenated alkanes) is 2. The lowest BCUT2D eigenvalue weighted by molar-refractivity contribution is -0.155. The predicted molar refractivity (Wildman–Crippen MR) is 95.9 cm³/mol. The van der Waals surface area contributed by atoms with Gasteiger partial charge in [0.1, 0.15) is 0 Å². The Hall–Kier alpha value is -1.06. The van der Waals surface area contributed by atoms with Crippen molar-refractivity contribution in [2.45, 2.75) is 84.0 Å². The normalized spacial score (nSPS) is 32.6. The molecule has 4 heteroatoms. The average Bonchev–Trinajstić information content (AvgIpc) is 2.56. The van der Waals surface area contributed by atoms with Gasteiger partial charge >= 0.3 is 11.9 Å². The van der Waals surface area contributed by atoms with Crippen molar-refractivity contribution in [3.8, 4) is 0 Å². The van der Waals surface area contributed by atoms with Crippen LogP contribution in [0.5, 0.6) is 0 Å². The molecule has 0 aromatic carbocycles. The monoisotopic (exact) mass is 350 g/mol. The van der Waals surface area contributed by atoms with Gasteiger partial charge in [-0.15, -0.1) is 0 Å². The van der Waals surface area contributed by atoms with Crippen LogP contribution in [0.2, 0.25) is 0 Å². The molecule has 0 radical (unpaired) electrons. The summed E-state index contributed by atoms with van der Waals surface area (Å²) in [6, 6.07) is 0. The highest BCUT2D eigenvalue weighted by atomic mass is 16.5. The minimum Gasteiger partial charge on any atom is -0.466 e. The second kappa shape index (κ2) is 8.55. The molecule has 0 aromatic heterocycles. The first-order valence-corrected chi connectivity index (χ1v) is 10.4. The van der Waals surface area contributed by atoms with Gasteiger partial charge in [-0.05, 0) is 75.5 Å². The van der Waals surface area contributed by atoms with Crippen molar-refractivity contribution < 1.29 is 19.1 Å². The molecule has 4 rings (SSSR count). The first kappa shape index (κ1) is 18.7. The Balaban J connectivity index is 1.28. The molecule has 4 nitrogen and oxygen atoms in total. The maximum atomic E-state index is 12.1. The van der Waals surface area contributed by atoms with Crippen LogP contribution in [-0.4, -0.2) is 25.2 Å². The van der Waals surface area contributed by atoms with Crippen molar-refractivity contribution in [2.24, 2.45) is 23.2 Å². The standard InChI is InChI=1S/C21H34O4/c1-2-3-8-24-19(22)6-4-5-7-20(23)25-15-21-12-16-9-17(13-21)11-18(10-16)14-21/h16-18H,2-15H2,1H3. The first-order chi connectivity index (χ1) is 12.1. The van der Waals surface area contributed by atoms with E-state index < -0.39 is 0 Å². The first-order valence-electron chi connectivity index (χ1n) is 10.4. The molecule has 0 aliphatic heterocycles.